The molecule has 23 heavy (non-hydrogen) atoms. The second-order valence-corrected chi connectivity index (χ2v) is 7.05. The van der Waals surface area contributed by atoms with E-state index in [1.54, 1.807) is 31.3 Å². The Morgan fingerprint density at radius 2 is 1.70 bits per heavy atom. The summed E-state index contributed by atoms with van der Waals surface area (Å²) < 4.78 is 32.5. The number of hydrogen-bond acceptors (Lipinski definition) is 4. The highest BCUT2D eigenvalue weighted by atomic mass is 32.2. The molecule has 1 atom stereocenters. The molecule has 0 fully saturated rings. The van der Waals surface area contributed by atoms with Crippen molar-refractivity contribution in [1.82, 2.24) is 10.0 Å². The maximum atomic E-state index is 12.2. The van der Waals surface area contributed by atoms with E-state index < -0.39 is 10.0 Å². The summed E-state index contributed by atoms with van der Waals surface area (Å²) in [5.41, 5.74) is 1.06. The predicted octanol–water partition coefficient (Wildman–Crippen LogP) is 2.15. The molecule has 0 aromatic heterocycles. The molecule has 0 saturated carbocycles. The molecule has 0 amide bonds. The number of ether oxygens (including phenoxy) is 1. The lowest BCUT2D eigenvalue weighted by atomic mass is 10.2. The Balaban J connectivity index is 1.96. The first-order valence-electron chi connectivity index (χ1n) is 7.45. The topological polar surface area (TPSA) is 67.4 Å². The maximum Gasteiger partial charge on any atom is 0.240 e. The minimum absolute atomic E-state index is 0.0678. The third kappa shape index (κ3) is 5.35. The fraction of sp³-hybridized carbons (Fsp3) is 0.294. The largest absolute Gasteiger partial charge is 0.489 e. The van der Waals surface area contributed by atoms with Crippen molar-refractivity contribution in [3.8, 4) is 5.75 Å². The van der Waals surface area contributed by atoms with Crippen LogP contribution in [-0.4, -0.2) is 28.1 Å². The Morgan fingerprint density at radius 3 is 2.30 bits per heavy atom. The van der Waals surface area contributed by atoms with E-state index >= 15 is 0 Å². The van der Waals surface area contributed by atoms with Crippen molar-refractivity contribution in [2.45, 2.75) is 24.5 Å². The van der Waals surface area contributed by atoms with Crippen molar-refractivity contribution in [2.75, 3.05) is 13.6 Å². The summed E-state index contributed by atoms with van der Waals surface area (Å²) in [6.45, 7) is 2.69. The Labute approximate surface area is 137 Å². The van der Waals surface area contributed by atoms with Crippen molar-refractivity contribution in [1.29, 1.82) is 0 Å². The van der Waals surface area contributed by atoms with Crippen molar-refractivity contribution in [3.63, 3.8) is 0 Å². The van der Waals surface area contributed by atoms with E-state index in [0.717, 1.165) is 5.56 Å². The molecule has 124 valence electrons. The Morgan fingerprint density at radius 1 is 1.04 bits per heavy atom. The van der Waals surface area contributed by atoms with Gasteiger partial charge in [0.1, 0.15) is 12.4 Å². The van der Waals surface area contributed by atoms with E-state index in [9.17, 15) is 8.42 Å². The van der Waals surface area contributed by atoms with E-state index in [2.05, 4.69) is 10.0 Å². The molecule has 0 aliphatic rings. The fourth-order valence-electron chi connectivity index (χ4n) is 1.88. The summed E-state index contributed by atoms with van der Waals surface area (Å²) >= 11 is 0. The molecule has 5 nitrogen and oxygen atoms in total. The number of hydrogen-bond donors (Lipinski definition) is 2. The number of benzene rings is 2. The van der Waals surface area contributed by atoms with Gasteiger partial charge in [-0.2, -0.15) is 0 Å². The lowest BCUT2D eigenvalue weighted by molar-refractivity contribution is 0.306. The summed E-state index contributed by atoms with van der Waals surface area (Å²) in [6.07, 6.45) is 0. The number of likely N-dealkylation sites (N-methyl/N-ethyl adjacent to an activating group) is 1. The van der Waals surface area contributed by atoms with Crippen LogP contribution in [0.25, 0.3) is 0 Å². The molecule has 2 N–H and O–H groups in total. The van der Waals surface area contributed by atoms with Gasteiger partial charge in [0.15, 0.2) is 0 Å². The Kier molecular flexibility index (Phi) is 6.15. The standard InChI is InChI=1S/C17H22N2O3S/c1-14(18-2)12-19-23(20,21)17-10-8-16(9-11-17)22-13-15-6-4-3-5-7-15/h3-11,14,18-19H,12-13H2,1-2H3. The van der Waals surface area contributed by atoms with Gasteiger partial charge in [-0.1, -0.05) is 30.3 Å². The molecule has 0 aliphatic heterocycles. The third-order valence-corrected chi connectivity index (χ3v) is 4.89. The zero-order valence-corrected chi connectivity index (χ0v) is 14.1. The quantitative estimate of drug-likeness (QED) is 0.776. The maximum absolute atomic E-state index is 12.2. The second kappa shape index (κ2) is 8.10. The lowest BCUT2D eigenvalue weighted by Crippen LogP contribution is -2.37. The van der Waals surface area contributed by atoms with Crippen LogP contribution in [0.2, 0.25) is 0 Å². The molecule has 0 spiro atoms. The zero-order valence-electron chi connectivity index (χ0n) is 13.3. The fourth-order valence-corrected chi connectivity index (χ4v) is 3.01. The van der Waals surface area contributed by atoms with Crippen molar-refractivity contribution >= 4 is 10.0 Å². The SMILES string of the molecule is CNC(C)CNS(=O)(=O)c1ccc(OCc2ccccc2)cc1. The molecule has 0 aliphatic carbocycles. The highest BCUT2D eigenvalue weighted by molar-refractivity contribution is 7.89. The van der Waals surface area contributed by atoms with E-state index in [0.29, 0.717) is 18.9 Å². The molecule has 0 radical (unpaired) electrons. The summed E-state index contributed by atoms with van der Waals surface area (Å²) in [5, 5.41) is 2.98. The van der Waals surface area contributed by atoms with Crippen molar-refractivity contribution in [2.24, 2.45) is 0 Å². The molecular formula is C17H22N2O3S. The minimum atomic E-state index is -3.49. The summed E-state index contributed by atoms with van der Waals surface area (Å²) in [4.78, 5) is 0.230. The summed E-state index contributed by atoms with van der Waals surface area (Å²) in [6, 6.07) is 16.3. The van der Waals surface area contributed by atoms with E-state index in [1.165, 1.54) is 0 Å². The van der Waals surface area contributed by atoms with Crippen LogP contribution >= 0.6 is 0 Å². The van der Waals surface area contributed by atoms with E-state index in [4.69, 9.17) is 4.74 Å². The molecule has 0 heterocycles. The van der Waals surface area contributed by atoms with Gasteiger partial charge in [-0.3, -0.25) is 0 Å². The average molecular weight is 334 g/mol. The van der Waals surface area contributed by atoms with Gasteiger partial charge in [0, 0.05) is 12.6 Å². The van der Waals surface area contributed by atoms with Gasteiger partial charge < -0.3 is 10.1 Å². The smallest absolute Gasteiger partial charge is 0.240 e. The van der Waals surface area contributed by atoms with Gasteiger partial charge in [-0.25, -0.2) is 13.1 Å². The van der Waals surface area contributed by atoms with Gasteiger partial charge in [0.2, 0.25) is 10.0 Å². The predicted molar refractivity (Wildman–Crippen MR) is 90.9 cm³/mol. The van der Waals surface area contributed by atoms with Crippen molar-refractivity contribution < 1.29 is 13.2 Å². The van der Waals surface area contributed by atoms with Gasteiger partial charge >= 0.3 is 0 Å². The van der Waals surface area contributed by atoms with Crippen LogP contribution in [0.15, 0.2) is 59.5 Å². The summed E-state index contributed by atoms with van der Waals surface area (Å²) in [7, 11) is -1.71. The molecule has 2 aromatic rings. The van der Waals surface area contributed by atoms with Crippen LogP contribution in [0.3, 0.4) is 0 Å². The molecular weight excluding hydrogens is 312 g/mol. The third-order valence-electron chi connectivity index (χ3n) is 3.45. The monoisotopic (exact) mass is 334 g/mol. The van der Waals surface area contributed by atoms with Gasteiger partial charge in [-0.05, 0) is 43.8 Å². The first-order chi connectivity index (χ1) is 11.0. The zero-order chi connectivity index (χ0) is 16.7. The normalized spacial score (nSPS) is 12.8. The van der Waals surface area contributed by atoms with Crippen LogP contribution in [0.5, 0.6) is 5.75 Å². The van der Waals surface area contributed by atoms with E-state index in [1.807, 2.05) is 37.3 Å². The molecule has 0 bridgehead atoms. The average Bonchev–Trinajstić information content (AvgIpc) is 2.59. The Hall–Kier alpha value is -1.89. The number of sulfonamides is 1. The van der Waals surface area contributed by atoms with E-state index in [-0.39, 0.29) is 10.9 Å². The van der Waals surface area contributed by atoms with Crippen LogP contribution < -0.4 is 14.8 Å². The molecule has 6 heteroatoms. The highest BCUT2D eigenvalue weighted by Crippen LogP contribution is 2.17. The van der Waals surface area contributed by atoms with Crippen LogP contribution in [0.1, 0.15) is 12.5 Å². The Bertz CT molecular complexity index is 700. The van der Waals surface area contributed by atoms with Gasteiger partial charge in [-0.15, -0.1) is 0 Å². The first-order valence-corrected chi connectivity index (χ1v) is 8.93. The summed E-state index contributed by atoms with van der Waals surface area (Å²) in [5.74, 6) is 0.636. The number of rotatable bonds is 8. The van der Waals surface area contributed by atoms with Crippen LogP contribution in [0, 0.1) is 0 Å². The molecule has 2 rings (SSSR count). The second-order valence-electron chi connectivity index (χ2n) is 5.29. The van der Waals surface area contributed by atoms with Gasteiger partial charge in [0.05, 0.1) is 4.90 Å². The minimum Gasteiger partial charge on any atom is -0.489 e. The van der Waals surface area contributed by atoms with Crippen LogP contribution in [-0.2, 0) is 16.6 Å². The molecule has 0 saturated heterocycles. The molecule has 2 aromatic carbocycles. The number of nitrogens with one attached hydrogen (secondary N) is 2. The van der Waals surface area contributed by atoms with Gasteiger partial charge in [0.25, 0.3) is 0 Å². The lowest BCUT2D eigenvalue weighted by Gasteiger charge is -2.12. The molecule has 1 unspecified atom stereocenters. The van der Waals surface area contributed by atoms with Crippen molar-refractivity contribution in [3.05, 3.63) is 60.2 Å². The van der Waals surface area contributed by atoms with Crippen LogP contribution in [0.4, 0.5) is 0 Å². The first kappa shape index (κ1) is 17.5. The highest BCUT2D eigenvalue weighted by Gasteiger charge is 2.14.